The number of anilines is 1. The third kappa shape index (κ3) is 6.40. The Kier molecular flexibility index (Phi) is 7.92. The molecule has 0 aliphatic rings. The topological polar surface area (TPSA) is 67.8 Å². The number of ketones is 1. The third-order valence-electron chi connectivity index (χ3n) is 3.43. The largest absolute Gasteiger partial charge is 0.391 e. The van der Waals surface area contributed by atoms with Gasteiger partial charge in [0.2, 0.25) is 5.91 Å². The zero-order valence-corrected chi connectivity index (χ0v) is 17.0. The van der Waals surface area contributed by atoms with Crippen molar-refractivity contribution < 1.29 is 14.4 Å². The summed E-state index contributed by atoms with van der Waals surface area (Å²) in [6.07, 6.45) is 1.12. The van der Waals surface area contributed by atoms with E-state index < -0.39 is 17.6 Å². The van der Waals surface area contributed by atoms with Crippen molar-refractivity contribution in [3.63, 3.8) is 0 Å². The molecule has 5 nitrogen and oxygen atoms in total. The maximum absolute atomic E-state index is 12.3. The molecular weight excluding hydrogens is 434 g/mol. The smallest absolute Gasteiger partial charge is 0.240 e. The predicted molar refractivity (Wildman–Crippen MR) is 109 cm³/mol. The van der Waals surface area contributed by atoms with E-state index in [4.69, 9.17) is 51.2 Å². The van der Waals surface area contributed by atoms with Gasteiger partial charge in [-0.1, -0.05) is 57.6 Å². The Bertz CT molecular complexity index is 887. The van der Waals surface area contributed by atoms with Crippen LogP contribution in [0.25, 0.3) is 0 Å². The molecule has 0 aliphatic heterocycles. The molecule has 2 aromatic rings. The number of hydrogen-bond acceptors (Lipinski definition) is 4. The Morgan fingerprint density at radius 2 is 1.70 bits per heavy atom. The molecule has 2 aromatic carbocycles. The number of benzene rings is 2. The molecule has 1 N–H and O–H groups in total. The molecule has 0 aliphatic carbocycles. The molecule has 0 fully saturated rings. The summed E-state index contributed by atoms with van der Waals surface area (Å²) in [5, 5.41) is 7.87. The average molecular weight is 448 g/mol. The van der Waals surface area contributed by atoms with E-state index in [2.05, 4.69) is 10.5 Å². The van der Waals surface area contributed by atoms with E-state index >= 15 is 0 Å². The van der Waals surface area contributed by atoms with Crippen molar-refractivity contribution in [1.29, 1.82) is 0 Å². The van der Waals surface area contributed by atoms with Crippen LogP contribution in [0.5, 0.6) is 0 Å². The van der Waals surface area contributed by atoms with Crippen molar-refractivity contribution in [1.82, 2.24) is 0 Å². The van der Waals surface area contributed by atoms with Gasteiger partial charge < -0.3 is 10.2 Å². The highest BCUT2D eigenvalue weighted by molar-refractivity contribution is 6.37. The Morgan fingerprint density at radius 1 is 1.07 bits per heavy atom. The van der Waals surface area contributed by atoms with Crippen LogP contribution in [0.2, 0.25) is 20.1 Å². The number of Topliss-reactive ketones (excluding diaryl/α,β-unsaturated/α-hetero) is 1. The normalized spacial score (nSPS) is 12.0. The molecule has 0 spiro atoms. The lowest BCUT2D eigenvalue weighted by atomic mass is 10.1. The molecule has 27 heavy (non-hydrogen) atoms. The van der Waals surface area contributed by atoms with Gasteiger partial charge in [-0.2, -0.15) is 0 Å². The summed E-state index contributed by atoms with van der Waals surface area (Å²) in [4.78, 5) is 29.2. The molecule has 0 aromatic heterocycles. The van der Waals surface area contributed by atoms with Gasteiger partial charge in [0.25, 0.3) is 0 Å². The number of nitrogens with zero attached hydrogens (tertiary/aromatic N) is 1. The quantitative estimate of drug-likeness (QED) is 0.339. The lowest BCUT2D eigenvalue weighted by Crippen LogP contribution is -2.29. The number of carbonyl (C=O) groups is 2. The molecule has 0 saturated carbocycles. The van der Waals surface area contributed by atoms with Crippen molar-refractivity contribution in [3.05, 3.63) is 62.1 Å². The predicted octanol–water partition coefficient (Wildman–Crippen LogP) is 5.65. The second-order valence-corrected chi connectivity index (χ2v) is 7.15. The average Bonchev–Trinajstić information content (AvgIpc) is 2.58. The highest BCUT2D eigenvalue weighted by Gasteiger charge is 2.22. The van der Waals surface area contributed by atoms with E-state index in [1.807, 2.05) is 0 Å². The Labute approximate surface area is 176 Å². The molecule has 142 valence electrons. The number of rotatable bonds is 7. The van der Waals surface area contributed by atoms with Crippen LogP contribution in [-0.4, -0.2) is 17.9 Å². The lowest BCUT2D eigenvalue weighted by Gasteiger charge is -2.11. The van der Waals surface area contributed by atoms with E-state index in [9.17, 15) is 9.59 Å². The molecule has 1 unspecified atom stereocenters. The highest BCUT2D eigenvalue weighted by Crippen LogP contribution is 2.26. The van der Waals surface area contributed by atoms with E-state index in [-0.39, 0.29) is 11.6 Å². The fourth-order valence-corrected chi connectivity index (χ4v) is 2.93. The fourth-order valence-electron chi connectivity index (χ4n) is 2.01. The molecule has 0 heterocycles. The van der Waals surface area contributed by atoms with Crippen molar-refractivity contribution in [2.75, 3.05) is 5.32 Å². The van der Waals surface area contributed by atoms with Crippen LogP contribution in [0, 0.1) is 5.92 Å². The van der Waals surface area contributed by atoms with Gasteiger partial charge >= 0.3 is 0 Å². The molecule has 0 saturated heterocycles. The number of halogens is 4. The summed E-state index contributed by atoms with van der Waals surface area (Å²) in [7, 11) is 0. The summed E-state index contributed by atoms with van der Waals surface area (Å²) >= 11 is 23.7. The summed E-state index contributed by atoms with van der Waals surface area (Å²) in [6.45, 7) is 1.33. The standard InChI is InChI=1S/C18H14Cl4N2O3/c1-10(25)14(18(26)24-17-5-4-13(20)7-16(17)22)8-23-27-9-11-2-3-12(19)6-15(11)21/h2-8,14H,9H2,1H3,(H,24,26)/b23-8+. The van der Waals surface area contributed by atoms with E-state index in [0.717, 1.165) is 6.21 Å². The van der Waals surface area contributed by atoms with Gasteiger partial charge in [0.05, 0.1) is 16.9 Å². The van der Waals surface area contributed by atoms with Crippen LogP contribution in [0.3, 0.4) is 0 Å². The molecule has 0 bridgehead atoms. The van der Waals surface area contributed by atoms with E-state index in [0.29, 0.717) is 26.3 Å². The second-order valence-electron chi connectivity index (χ2n) is 5.47. The summed E-state index contributed by atoms with van der Waals surface area (Å²) in [6, 6.07) is 9.52. The van der Waals surface area contributed by atoms with Gasteiger partial charge in [0.1, 0.15) is 18.3 Å². The Balaban J connectivity index is 2.00. The van der Waals surface area contributed by atoms with Crippen LogP contribution in [0.4, 0.5) is 5.69 Å². The van der Waals surface area contributed by atoms with Crippen molar-refractivity contribution in [2.24, 2.45) is 11.1 Å². The first kappa shape index (κ1) is 21.5. The first-order valence-electron chi connectivity index (χ1n) is 7.63. The summed E-state index contributed by atoms with van der Waals surface area (Å²) < 4.78 is 0. The van der Waals surface area contributed by atoms with Gasteiger partial charge in [-0.05, 0) is 37.3 Å². The zero-order valence-electron chi connectivity index (χ0n) is 14.0. The minimum atomic E-state index is -1.14. The van der Waals surface area contributed by atoms with Crippen molar-refractivity contribution >= 4 is 70.0 Å². The number of carbonyl (C=O) groups excluding carboxylic acids is 2. The first-order valence-corrected chi connectivity index (χ1v) is 9.15. The van der Waals surface area contributed by atoms with Gasteiger partial charge in [-0.3, -0.25) is 9.59 Å². The van der Waals surface area contributed by atoms with Gasteiger partial charge in [0.15, 0.2) is 0 Å². The monoisotopic (exact) mass is 446 g/mol. The van der Waals surface area contributed by atoms with Crippen molar-refractivity contribution in [2.45, 2.75) is 13.5 Å². The Morgan fingerprint density at radius 3 is 2.30 bits per heavy atom. The SMILES string of the molecule is CC(=O)C(/C=N/OCc1ccc(Cl)cc1Cl)C(=O)Nc1ccc(Cl)cc1Cl. The molecule has 0 radical (unpaired) electrons. The highest BCUT2D eigenvalue weighted by atomic mass is 35.5. The minimum absolute atomic E-state index is 0.0573. The van der Waals surface area contributed by atoms with Gasteiger partial charge in [0, 0.05) is 20.6 Å². The molecule has 2 rings (SSSR count). The lowest BCUT2D eigenvalue weighted by molar-refractivity contribution is -0.126. The summed E-state index contributed by atoms with van der Waals surface area (Å²) in [5.74, 6) is -2.14. The summed E-state index contributed by atoms with van der Waals surface area (Å²) in [5.41, 5.74) is 0.995. The molecule has 1 atom stereocenters. The van der Waals surface area contributed by atoms with Crippen LogP contribution in [-0.2, 0) is 21.0 Å². The first-order chi connectivity index (χ1) is 12.8. The third-order valence-corrected chi connectivity index (χ3v) is 4.56. The van der Waals surface area contributed by atoms with Crippen LogP contribution in [0.15, 0.2) is 41.6 Å². The van der Waals surface area contributed by atoms with E-state index in [1.165, 1.54) is 19.1 Å². The zero-order chi connectivity index (χ0) is 20.0. The Hall–Kier alpha value is -1.79. The van der Waals surface area contributed by atoms with Crippen LogP contribution < -0.4 is 5.32 Å². The number of oxime groups is 1. The van der Waals surface area contributed by atoms with E-state index in [1.54, 1.807) is 24.3 Å². The maximum Gasteiger partial charge on any atom is 0.240 e. The molecule has 9 heteroatoms. The number of hydrogen-bond donors (Lipinski definition) is 1. The number of nitrogens with one attached hydrogen (secondary N) is 1. The van der Waals surface area contributed by atoms with Crippen molar-refractivity contribution in [3.8, 4) is 0 Å². The minimum Gasteiger partial charge on any atom is -0.391 e. The second kappa shape index (κ2) is 9.95. The van der Waals surface area contributed by atoms with Gasteiger partial charge in [-0.15, -0.1) is 0 Å². The molecule has 1 amide bonds. The molecular formula is C18H14Cl4N2O3. The fraction of sp³-hybridized carbons (Fsp3) is 0.167. The number of amides is 1. The van der Waals surface area contributed by atoms with Gasteiger partial charge in [-0.25, -0.2) is 0 Å². The maximum atomic E-state index is 12.3. The van der Waals surface area contributed by atoms with Crippen LogP contribution >= 0.6 is 46.4 Å². The van der Waals surface area contributed by atoms with Crippen LogP contribution in [0.1, 0.15) is 12.5 Å².